The maximum Gasteiger partial charge on any atom is 0.336 e. The van der Waals surface area contributed by atoms with E-state index in [0.29, 0.717) is 5.56 Å². The number of non-ortho nitro benzene ring substituents is 1. The number of nitro groups is 1. The lowest BCUT2D eigenvalue weighted by Crippen LogP contribution is -2.26. The van der Waals surface area contributed by atoms with Gasteiger partial charge in [-0.2, -0.15) is 0 Å². The number of methoxy groups -OCH3 is 1. The largest absolute Gasteiger partial charge is 0.497 e. The molecule has 0 aliphatic heterocycles. The standard InChI is InChI=1S/C28H23NO6S/c1-34-25-16-13-23(14-17-25)28(21-8-4-2-5-9-21,22-10-6-3-7-11-22)36-35-19-20-12-15-24(29(32)33)18-26(20)27(30)31/h2-18H,19H2,1H3,(H,30,31). The molecule has 0 spiro atoms. The van der Waals surface area contributed by atoms with Gasteiger partial charge in [0.05, 0.1) is 24.2 Å². The van der Waals surface area contributed by atoms with E-state index in [2.05, 4.69) is 0 Å². The maximum absolute atomic E-state index is 11.8. The quantitative estimate of drug-likeness (QED) is 0.115. The summed E-state index contributed by atoms with van der Waals surface area (Å²) in [6.07, 6.45) is 0. The van der Waals surface area contributed by atoms with Gasteiger partial charge in [0, 0.05) is 24.2 Å². The van der Waals surface area contributed by atoms with Gasteiger partial charge < -0.3 is 14.0 Å². The first-order valence-corrected chi connectivity index (χ1v) is 11.8. The SMILES string of the molecule is COc1ccc(C(SOCc2ccc([N+](=O)[O-])cc2C(=O)O)(c2ccccc2)c2ccccc2)cc1. The van der Waals surface area contributed by atoms with Crippen LogP contribution in [0, 0.1) is 10.1 Å². The molecule has 0 atom stereocenters. The predicted molar refractivity (Wildman–Crippen MR) is 138 cm³/mol. The van der Waals surface area contributed by atoms with Crippen LogP contribution in [0.15, 0.2) is 103 Å². The van der Waals surface area contributed by atoms with E-state index in [1.165, 1.54) is 24.2 Å². The average Bonchev–Trinajstić information content (AvgIpc) is 2.92. The topological polar surface area (TPSA) is 98.9 Å². The van der Waals surface area contributed by atoms with Crippen LogP contribution in [-0.4, -0.2) is 23.1 Å². The molecule has 0 radical (unpaired) electrons. The molecule has 4 aromatic rings. The van der Waals surface area contributed by atoms with Crippen LogP contribution in [0.2, 0.25) is 0 Å². The fourth-order valence-electron chi connectivity index (χ4n) is 4.00. The zero-order chi connectivity index (χ0) is 25.5. The highest BCUT2D eigenvalue weighted by atomic mass is 32.2. The minimum absolute atomic E-state index is 0.0676. The van der Waals surface area contributed by atoms with E-state index in [-0.39, 0.29) is 17.9 Å². The molecule has 7 nitrogen and oxygen atoms in total. The Morgan fingerprint density at radius 3 is 1.94 bits per heavy atom. The van der Waals surface area contributed by atoms with Crippen molar-refractivity contribution in [2.75, 3.05) is 7.11 Å². The molecular weight excluding hydrogens is 478 g/mol. The Balaban J connectivity index is 1.77. The summed E-state index contributed by atoms with van der Waals surface area (Å²) >= 11 is 1.20. The third-order valence-corrected chi connectivity index (χ3v) is 6.98. The monoisotopic (exact) mass is 501 g/mol. The lowest BCUT2D eigenvalue weighted by atomic mass is 9.84. The van der Waals surface area contributed by atoms with Crippen LogP contribution >= 0.6 is 12.0 Å². The van der Waals surface area contributed by atoms with Gasteiger partial charge in [-0.15, -0.1) is 0 Å². The summed E-state index contributed by atoms with van der Waals surface area (Å²) in [5, 5.41) is 20.7. The number of rotatable bonds is 10. The number of carboxylic acids is 1. The molecule has 4 rings (SSSR count). The Labute approximate surface area is 212 Å². The smallest absolute Gasteiger partial charge is 0.336 e. The molecule has 0 unspecified atom stereocenters. The molecule has 36 heavy (non-hydrogen) atoms. The van der Waals surface area contributed by atoms with Gasteiger partial charge in [-0.3, -0.25) is 10.1 Å². The van der Waals surface area contributed by atoms with Crippen LogP contribution in [0.25, 0.3) is 0 Å². The van der Waals surface area contributed by atoms with Crippen molar-refractivity contribution in [3.8, 4) is 5.75 Å². The second kappa shape index (κ2) is 11.1. The van der Waals surface area contributed by atoms with Crippen LogP contribution in [0.5, 0.6) is 5.75 Å². The normalized spacial score (nSPS) is 11.1. The molecule has 0 saturated carbocycles. The van der Waals surface area contributed by atoms with E-state index in [1.807, 2.05) is 84.9 Å². The van der Waals surface area contributed by atoms with E-state index in [9.17, 15) is 20.0 Å². The Morgan fingerprint density at radius 2 is 1.44 bits per heavy atom. The number of hydrogen-bond acceptors (Lipinski definition) is 6. The Kier molecular flexibility index (Phi) is 7.68. The minimum Gasteiger partial charge on any atom is -0.497 e. The van der Waals surface area contributed by atoms with Crippen LogP contribution in [-0.2, 0) is 15.5 Å². The van der Waals surface area contributed by atoms with E-state index >= 15 is 0 Å². The summed E-state index contributed by atoms with van der Waals surface area (Å²) in [6.45, 7) is -0.0676. The summed E-state index contributed by atoms with van der Waals surface area (Å²) in [4.78, 5) is 22.3. The van der Waals surface area contributed by atoms with Crippen LogP contribution in [0.1, 0.15) is 32.6 Å². The summed E-state index contributed by atoms with van der Waals surface area (Å²) in [7, 11) is 1.61. The number of ether oxygens (including phenoxy) is 1. The molecule has 0 amide bonds. The van der Waals surface area contributed by atoms with Gasteiger partial charge in [-0.25, -0.2) is 4.79 Å². The lowest BCUT2D eigenvalue weighted by molar-refractivity contribution is -0.384. The van der Waals surface area contributed by atoms with Gasteiger partial charge in [0.25, 0.3) is 5.69 Å². The minimum atomic E-state index is -1.25. The van der Waals surface area contributed by atoms with Gasteiger partial charge in [0.2, 0.25) is 0 Å². The third-order valence-electron chi connectivity index (χ3n) is 5.79. The highest BCUT2D eigenvalue weighted by molar-refractivity contribution is 7.96. The summed E-state index contributed by atoms with van der Waals surface area (Å²) < 4.78 is 10.7. The fraction of sp³-hybridized carbons (Fsp3) is 0.107. The first kappa shape index (κ1) is 25.0. The first-order chi connectivity index (χ1) is 17.5. The molecule has 182 valence electrons. The molecule has 4 aromatic carbocycles. The Morgan fingerprint density at radius 1 is 0.889 bits per heavy atom. The number of carboxylic acid groups (broad SMARTS) is 1. The molecule has 0 heterocycles. The van der Waals surface area contributed by atoms with Crippen LogP contribution in [0.3, 0.4) is 0 Å². The van der Waals surface area contributed by atoms with Crippen molar-refractivity contribution in [3.05, 3.63) is 141 Å². The van der Waals surface area contributed by atoms with Gasteiger partial charge in [0.15, 0.2) is 0 Å². The number of carbonyl (C=O) groups is 1. The average molecular weight is 502 g/mol. The lowest BCUT2D eigenvalue weighted by Gasteiger charge is -2.34. The molecule has 8 heteroatoms. The highest BCUT2D eigenvalue weighted by Crippen LogP contribution is 2.49. The molecule has 0 aliphatic carbocycles. The van der Waals surface area contributed by atoms with E-state index in [0.717, 1.165) is 28.5 Å². The van der Waals surface area contributed by atoms with Crippen molar-refractivity contribution >= 4 is 23.7 Å². The van der Waals surface area contributed by atoms with Gasteiger partial charge in [-0.05, 0) is 40.5 Å². The van der Waals surface area contributed by atoms with Crippen molar-refractivity contribution in [1.82, 2.24) is 0 Å². The molecule has 0 aliphatic rings. The molecule has 1 N–H and O–H groups in total. The third kappa shape index (κ3) is 5.10. The molecule has 0 bridgehead atoms. The van der Waals surface area contributed by atoms with Crippen molar-refractivity contribution < 1.29 is 23.7 Å². The number of nitro benzene ring substituents is 1. The summed E-state index contributed by atoms with van der Waals surface area (Å²) in [5.41, 5.74) is 2.75. The van der Waals surface area contributed by atoms with Gasteiger partial charge >= 0.3 is 5.97 Å². The fourth-order valence-corrected chi connectivity index (χ4v) is 5.06. The first-order valence-electron chi connectivity index (χ1n) is 11.0. The second-order valence-electron chi connectivity index (χ2n) is 7.89. The number of benzene rings is 4. The second-order valence-corrected chi connectivity index (χ2v) is 8.91. The zero-order valence-corrected chi connectivity index (χ0v) is 20.2. The Hall–Kier alpha value is -4.14. The van der Waals surface area contributed by atoms with Crippen molar-refractivity contribution in [3.63, 3.8) is 0 Å². The van der Waals surface area contributed by atoms with E-state index in [4.69, 9.17) is 8.92 Å². The maximum atomic E-state index is 11.8. The van der Waals surface area contributed by atoms with Crippen molar-refractivity contribution in [1.29, 1.82) is 0 Å². The highest BCUT2D eigenvalue weighted by Gasteiger charge is 2.38. The van der Waals surface area contributed by atoms with Crippen LogP contribution in [0.4, 0.5) is 5.69 Å². The van der Waals surface area contributed by atoms with E-state index in [1.54, 1.807) is 7.11 Å². The van der Waals surface area contributed by atoms with Crippen molar-refractivity contribution in [2.45, 2.75) is 11.4 Å². The molecular formula is C28H23NO6S. The van der Waals surface area contributed by atoms with Crippen LogP contribution < -0.4 is 4.74 Å². The molecule has 0 saturated heterocycles. The zero-order valence-electron chi connectivity index (χ0n) is 19.4. The number of hydrogen-bond donors (Lipinski definition) is 1. The van der Waals surface area contributed by atoms with Gasteiger partial charge in [0.1, 0.15) is 10.5 Å². The number of aromatic carboxylic acids is 1. The summed E-state index contributed by atoms with van der Waals surface area (Å²) in [6, 6.07) is 31.2. The number of nitrogens with zero attached hydrogens (tertiary/aromatic N) is 1. The predicted octanol–water partition coefficient (Wildman–Crippen LogP) is 6.46. The molecule has 0 fully saturated rings. The Bertz CT molecular complexity index is 1300. The molecule has 0 aromatic heterocycles. The van der Waals surface area contributed by atoms with Gasteiger partial charge in [-0.1, -0.05) is 72.8 Å². The summed E-state index contributed by atoms with van der Waals surface area (Å²) in [5.74, 6) is -0.536. The van der Waals surface area contributed by atoms with E-state index < -0.39 is 15.6 Å². The van der Waals surface area contributed by atoms with Crippen molar-refractivity contribution in [2.24, 2.45) is 0 Å².